The van der Waals surface area contributed by atoms with Crippen molar-refractivity contribution >= 4 is 28.7 Å². The normalized spacial score (nSPS) is 25.2. The zero-order chi connectivity index (χ0) is 30.4. The summed E-state index contributed by atoms with van der Waals surface area (Å²) < 4.78 is 21.3. The average Bonchev–Trinajstić information content (AvgIpc) is 3.57. The zero-order valence-corrected chi connectivity index (χ0v) is 25.7. The summed E-state index contributed by atoms with van der Waals surface area (Å²) in [6.07, 6.45) is 6.27. The van der Waals surface area contributed by atoms with Gasteiger partial charge in [0.15, 0.2) is 23.5 Å². The van der Waals surface area contributed by atoms with Crippen LogP contribution in [0.2, 0.25) is 0 Å². The maximum atomic E-state index is 12.6. The first kappa shape index (κ1) is 29.7. The lowest BCUT2D eigenvalue weighted by atomic mass is 9.87. The van der Waals surface area contributed by atoms with Crippen molar-refractivity contribution in [1.29, 1.82) is 0 Å². The number of hydrogen-bond donors (Lipinski definition) is 3. The van der Waals surface area contributed by atoms with Crippen molar-refractivity contribution in [2.75, 3.05) is 30.7 Å². The van der Waals surface area contributed by atoms with Gasteiger partial charge in [-0.3, -0.25) is 9.47 Å². The number of urea groups is 1. The minimum absolute atomic E-state index is 0.0723. The van der Waals surface area contributed by atoms with E-state index in [9.17, 15) is 4.79 Å². The predicted molar refractivity (Wildman–Crippen MR) is 163 cm³/mol. The number of nitrogens with two attached hydrogens (primary N) is 1. The van der Waals surface area contributed by atoms with E-state index in [4.69, 9.17) is 19.9 Å². The molecule has 4 atom stereocenters. The van der Waals surface area contributed by atoms with E-state index in [1.807, 2.05) is 30.5 Å². The number of fused-ring (bicyclic) bond motifs is 2. The fourth-order valence-electron chi connectivity index (χ4n) is 6.21. The monoisotopic (exact) mass is 592 g/mol. The van der Waals surface area contributed by atoms with Crippen molar-refractivity contribution in [2.24, 2.45) is 0 Å². The van der Waals surface area contributed by atoms with Crippen molar-refractivity contribution in [3.05, 3.63) is 42.5 Å². The number of imidazole rings is 1. The molecule has 0 bridgehead atoms. The number of nitrogens with one attached hydrogen (secondary N) is 2. The Balaban J connectivity index is 1.07. The Morgan fingerprint density at radius 2 is 1.86 bits per heavy atom. The molecule has 43 heavy (non-hydrogen) atoms. The molecule has 3 fully saturated rings. The first-order chi connectivity index (χ1) is 20.5. The zero-order valence-electron chi connectivity index (χ0n) is 25.7. The van der Waals surface area contributed by atoms with E-state index in [1.165, 1.54) is 18.3 Å². The molecule has 2 amide bonds. The number of nitrogen functional groups attached to an aromatic ring is 1. The Kier molecular flexibility index (Phi) is 8.05. The molecular weight excluding hydrogens is 548 g/mol. The molecule has 1 saturated carbocycles. The SMILES string of the molecule is CC1(C)OC2C(CN(CCCNC(=O)Nc3ccc(C(C)(C)C)cc3)C3CCC3)OC(n3cnc4c(N)ncnc43)C2O1. The van der Waals surface area contributed by atoms with Gasteiger partial charge in [0.25, 0.3) is 0 Å². The van der Waals surface area contributed by atoms with Gasteiger partial charge in [-0.05, 0) is 56.2 Å². The summed E-state index contributed by atoms with van der Waals surface area (Å²) in [4.78, 5) is 28.0. The second kappa shape index (κ2) is 11.6. The highest BCUT2D eigenvalue weighted by Crippen LogP contribution is 2.44. The Hall–Kier alpha value is -3.32. The van der Waals surface area contributed by atoms with Gasteiger partial charge < -0.3 is 30.6 Å². The molecule has 3 aliphatic rings. The molecule has 0 spiro atoms. The van der Waals surface area contributed by atoms with Gasteiger partial charge in [-0.25, -0.2) is 19.7 Å². The summed E-state index contributed by atoms with van der Waals surface area (Å²) in [6, 6.07) is 8.32. The number of rotatable bonds is 9. The van der Waals surface area contributed by atoms with Gasteiger partial charge in [0.05, 0.1) is 6.33 Å². The molecule has 1 aliphatic carbocycles. The number of carbonyl (C=O) groups excluding carboxylic acids is 1. The number of aromatic nitrogens is 4. The van der Waals surface area contributed by atoms with Crippen LogP contribution in [0.5, 0.6) is 0 Å². The molecule has 4 heterocycles. The van der Waals surface area contributed by atoms with Crippen LogP contribution in [0.1, 0.15) is 72.1 Å². The quantitative estimate of drug-likeness (QED) is 0.312. The third-order valence-electron chi connectivity index (χ3n) is 8.71. The Bertz CT molecular complexity index is 1430. The third-order valence-corrected chi connectivity index (χ3v) is 8.71. The van der Waals surface area contributed by atoms with Crippen LogP contribution in [-0.2, 0) is 19.6 Å². The lowest BCUT2D eigenvalue weighted by Crippen LogP contribution is -2.48. The summed E-state index contributed by atoms with van der Waals surface area (Å²) in [5, 5.41) is 5.95. The van der Waals surface area contributed by atoms with Gasteiger partial charge in [-0.15, -0.1) is 0 Å². The van der Waals surface area contributed by atoms with Gasteiger partial charge in [-0.1, -0.05) is 39.3 Å². The number of benzene rings is 1. The molecule has 4 unspecified atom stereocenters. The van der Waals surface area contributed by atoms with Crippen LogP contribution in [0.15, 0.2) is 36.9 Å². The van der Waals surface area contributed by atoms with Crippen LogP contribution in [0, 0.1) is 0 Å². The Morgan fingerprint density at radius 1 is 1.12 bits per heavy atom. The molecule has 4 N–H and O–H groups in total. The summed E-state index contributed by atoms with van der Waals surface area (Å²) in [6.45, 7) is 12.5. The first-order valence-electron chi connectivity index (χ1n) is 15.3. The second-order valence-electron chi connectivity index (χ2n) is 13.4. The predicted octanol–water partition coefficient (Wildman–Crippen LogP) is 4.19. The lowest BCUT2D eigenvalue weighted by molar-refractivity contribution is -0.198. The molecule has 6 rings (SSSR count). The van der Waals surface area contributed by atoms with Gasteiger partial charge in [-0.2, -0.15) is 0 Å². The summed E-state index contributed by atoms with van der Waals surface area (Å²) >= 11 is 0. The highest BCUT2D eigenvalue weighted by atomic mass is 16.8. The number of amides is 2. The van der Waals surface area contributed by atoms with Gasteiger partial charge in [0.2, 0.25) is 0 Å². The van der Waals surface area contributed by atoms with E-state index in [1.54, 1.807) is 6.33 Å². The number of hydrogen-bond acceptors (Lipinski definition) is 9. The maximum absolute atomic E-state index is 12.6. The van der Waals surface area contributed by atoms with Gasteiger partial charge in [0.1, 0.15) is 30.2 Å². The molecule has 2 saturated heterocycles. The lowest BCUT2D eigenvalue weighted by Gasteiger charge is -2.39. The number of ether oxygens (including phenoxy) is 3. The van der Waals surface area contributed by atoms with Crippen LogP contribution in [0.25, 0.3) is 11.2 Å². The highest BCUT2D eigenvalue weighted by molar-refractivity contribution is 5.89. The van der Waals surface area contributed by atoms with E-state index in [0.29, 0.717) is 36.1 Å². The summed E-state index contributed by atoms with van der Waals surface area (Å²) in [7, 11) is 0. The van der Waals surface area contributed by atoms with Crippen LogP contribution >= 0.6 is 0 Å². The van der Waals surface area contributed by atoms with E-state index < -0.39 is 12.0 Å². The average molecular weight is 593 g/mol. The molecule has 3 aromatic rings. The molecule has 1 aromatic carbocycles. The van der Waals surface area contributed by atoms with E-state index >= 15 is 0 Å². The maximum Gasteiger partial charge on any atom is 0.319 e. The van der Waals surface area contributed by atoms with Crippen molar-refractivity contribution < 1.29 is 19.0 Å². The molecule has 2 aliphatic heterocycles. The summed E-state index contributed by atoms with van der Waals surface area (Å²) in [5.41, 5.74) is 9.27. The fourth-order valence-corrected chi connectivity index (χ4v) is 6.21. The highest BCUT2D eigenvalue weighted by Gasteiger charge is 2.56. The minimum atomic E-state index is -0.730. The standard InChI is InChI=1S/C31H44N8O4/c1-30(2,3)19-10-12-20(13-11-19)37-29(40)33-14-7-15-38(21-8-6-9-21)16-22-24-25(43-31(4,5)42-24)28(41-22)39-18-36-23-26(32)34-17-35-27(23)39/h10-13,17-18,21-22,24-25,28H,6-9,14-16H2,1-5H3,(H2,32,34,35)(H2,33,37,40). The van der Waals surface area contributed by atoms with E-state index in [0.717, 1.165) is 31.5 Å². The van der Waals surface area contributed by atoms with E-state index in [2.05, 4.69) is 63.4 Å². The van der Waals surface area contributed by atoms with Gasteiger partial charge >= 0.3 is 6.03 Å². The molecular formula is C31H44N8O4. The van der Waals surface area contributed by atoms with Gasteiger partial charge in [0, 0.05) is 31.4 Å². The molecule has 12 heteroatoms. The molecule has 12 nitrogen and oxygen atoms in total. The fraction of sp³-hybridized carbons (Fsp3) is 0.613. The Labute approximate surface area is 252 Å². The number of nitrogens with zero attached hydrogens (tertiary/aromatic N) is 5. The smallest absolute Gasteiger partial charge is 0.319 e. The van der Waals surface area contributed by atoms with E-state index in [-0.39, 0.29) is 29.8 Å². The van der Waals surface area contributed by atoms with Crippen LogP contribution in [-0.4, -0.2) is 80.2 Å². The van der Waals surface area contributed by atoms with Crippen LogP contribution in [0.3, 0.4) is 0 Å². The second-order valence-corrected chi connectivity index (χ2v) is 13.4. The third kappa shape index (κ3) is 6.33. The van der Waals surface area contributed by atoms with Crippen molar-refractivity contribution in [3.8, 4) is 0 Å². The molecule has 2 aromatic heterocycles. The van der Waals surface area contributed by atoms with Crippen LogP contribution < -0.4 is 16.4 Å². The van der Waals surface area contributed by atoms with Crippen molar-refractivity contribution in [1.82, 2.24) is 29.7 Å². The molecule has 232 valence electrons. The number of anilines is 2. The van der Waals surface area contributed by atoms with Crippen molar-refractivity contribution in [3.63, 3.8) is 0 Å². The Morgan fingerprint density at radius 3 is 2.56 bits per heavy atom. The molecule has 0 radical (unpaired) electrons. The minimum Gasteiger partial charge on any atom is -0.382 e. The first-order valence-corrected chi connectivity index (χ1v) is 15.3. The van der Waals surface area contributed by atoms with Crippen molar-refractivity contribution in [2.45, 2.75) is 102 Å². The number of carbonyl (C=O) groups is 1. The topological polar surface area (TPSA) is 142 Å². The largest absolute Gasteiger partial charge is 0.382 e. The van der Waals surface area contributed by atoms with Crippen LogP contribution in [0.4, 0.5) is 16.3 Å². The summed E-state index contributed by atoms with van der Waals surface area (Å²) in [5.74, 6) is -0.401.